The summed E-state index contributed by atoms with van der Waals surface area (Å²) in [5.74, 6) is -0.360. The fourth-order valence-electron chi connectivity index (χ4n) is 2.80. The lowest BCUT2D eigenvalue weighted by Gasteiger charge is -2.15. The highest BCUT2D eigenvalue weighted by atomic mass is 79.9. The summed E-state index contributed by atoms with van der Waals surface area (Å²) in [5.41, 5.74) is 2.07. The largest absolute Gasteiger partial charge is 0.308 e. The van der Waals surface area contributed by atoms with E-state index < -0.39 is 0 Å². The molecule has 1 aromatic carbocycles. The Morgan fingerprint density at radius 2 is 2.04 bits per heavy atom. The van der Waals surface area contributed by atoms with Crippen molar-refractivity contribution in [2.75, 3.05) is 18.0 Å². The Hall–Kier alpha value is -1.44. The van der Waals surface area contributed by atoms with Crippen molar-refractivity contribution in [3.63, 3.8) is 0 Å². The van der Waals surface area contributed by atoms with Crippen LogP contribution in [0.5, 0.6) is 0 Å². The molecule has 0 aliphatic carbocycles. The standard InChI is InChI=1S/C17H15BrN2O2S2/c1-3-7-19-12-6-5-10(18)9-11(12)13(15(19)21)14-16(22)20(8-4-2)17(23)24-14/h4-6,9H,2-3,7-8H2,1H3/b14-13-. The van der Waals surface area contributed by atoms with Crippen LogP contribution in [0.4, 0.5) is 5.69 Å². The molecule has 2 aliphatic heterocycles. The summed E-state index contributed by atoms with van der Waals surface area (Å²) in [6.07, 6.45) is 2.47. The SMILES string of the molecule is C=CCN1C(=O)/C(=C2/C(=O)N(CCC)c3ccc(Br)cc32)SC1=S. The third kappa shape index (κ3) is 2.74. The van der Waals surface area contributed by atoms with E-state index in [4.69, 9.17) is 12.2 Å². The first-order valence-corrected chi connectivity index (χ1v) is 9.52. The van der Waals surface area contributed by atoms with Crippen LogP contribution in [0.3, 0.4) is 0 Å². The highest BCUT2D eigenvalue weighted by molar-refractivity contribution is 9.10. The minimum atomic E-state index is -0.225. The molecule has 2 heterocycles. The van der Waals surface area contributed by atoms with Gasteiger partial charge in [-0.1, -0.05) is 52.9 Å². The number of carbonyl (C=O) groups is 2. The topological polar surface area (TPSA) is 40.6 Å². The molecular formula is C17H15BrN2O2S2. The average Bonchev–Trinajstić information content (AvgIpc) is 2.96. The first-order chi connectivity index (χ1) is 11.5. The summed E-state index contributed by atoms with van der Waals surface area (Å²) in [6.45, 7) is 6.64. The number of hydrogen-bond acceptors (Lipinski definition) is 4. The minimum Gasteiger partial charge on any atom is -0.308 e. The van der Waals surface area contributed by atoms with Crippen LogP contribution in [-0.2, 0) is 9.59 Å². The number of thiocarbonyl (C=S) groups is 1. The van der Waals surface area contributed by atoms with Crippen LogP contribution in [0.1, 0.15) is 18.9 Å². The molecular weight excluding hydrogens is 408 g/mol. The van der Waals surface area contributed by atoms with E-state index in [0.717, 1.165) is 22.1 Å². The van der Waals surface area contributed by atoms with Crippen LogP contribution in [0.25, 0.3) is 5.57 Å². The van der Waals surface area contributed by atoms with Crippen LogP contribution in [0, 0.1) is 0 Å². The summed E-state index contributed by atoms with van der Waals surface area (Å²) in [5, 5.41) is 0. The van der Waals surface area contributed by atoms with Crippen molar-refractivity contribution in [1.29, 1.82) is 0 Å². The third-order valence-electron chi connectivity index (χ3n) is 3.81. The first-order valence-electron chi connectivity index (χ1n) is 7.50. The minimum absolute atomic E-state index is 0.135. The van der Waals surface area contributed by atoms with Crippen molar-refractivity contribution in [1.82, 2.24) is 4.90 Å². The van der Waals surface area contributed by atoms with E-state index in [9.17, 15) is 9.59 Å². The second kappa shape index (κ2) is 6.82. The summed E-state index contributed by atoms with van der Waals surface area (Å²) in [6, 6.07) is 5.70. The number of hydrogen-bond donors (Lipinski definition) is 0. The molecule has 0 aromatic heterocycles. The zero-order valence-corrected chi connectivity index (χ0v) is 16.3. The number of nitrogens with zero attached hydrogens (tertiary/aromatic N) is 2. The third-order valence-corrected chi connectivity index (χ3v) is 5.75. The molecule has 0 N–H and O–H groups in total. The molecule has 4 nitrogen and oxygen atoms in total. The maximum atomic E-state index is 13.0. The number of halogens is 1. The number of rotatable bonds is 4. The van der Waals surface area contributed by atoms with Gasteiger partial charge in [-0.2, -0.15) is 0 Å². The van der Waals surface area contributed by atoms with Crippen molar-refractivity contribution in [3.05, 3.63) is 45.8 Å². The van der Waals surface area contributed by atoms with Gasteiger partial charge in [0.2, 0.25) is 0 Å². The van der Waals surface area contributed by atoms with Gasteiger partial charge in [-0.25, -0.2) is 0 Å². The van der Waals surface area contributed by atoms with Gasteiger partial charge in [0.25, 0.3) is 11.8 Å². The molecule has 0 saturated carbocycles. The van der Waals surface area contributed by atoms with Gasteiger partial charge in [-0.05, 0) is 24.6 Å². The zero-order chi connectivity index (χ0) is 17.4. The summed E-state index contributed by atoms with van der Waals surface area (Å²) in [4.78, 5) is 29.3. The number of benzene rings is 1. The predicted molar refractivity (Wildman–Crippen MR) is 106 cm³/mol. The lowest BCUT2D eigenvalue weighted by molar-refractivity contribution is -0.122. The Morgan fingerprint density at radius 1 is 1.29 bits per heavy atom. The van der Waals surface area contributed by atoms with E-state index >= 15 is 0 Å². The number of fused-ring (bicyclic) bond motifs is 1. The van der Waals surface area contributed by atoms with Gasteiger partial charge in [-0.15, -0.1) is 6.58 Å². The van der Waals surface area contributed by atoms with Crippen molar-refractivity contribution in [2.24, 2.45) is 0 Å². The highest BCUT2D eigenvalue weighted by Crippen LogP contribution is 2.45. The van der Waals surface area contributed by atoms with Gasteiger partial charge in [0.05, 0.1) is 16.2 Å². The van der Waals surface area contributed by atoms with E-state index in [1.807, 2.05) is 25.1 Å². The van der Waals surface area contributed by atoms with Gasteiger partial charge in [0.1, 0.15) is 4.32 Å². The molecule has 124 valence electrons. The monoisotopic (exact) mass is 422 g/mol. The molecule has 1 aromatic rings. The second-order valence-electron chi connectivity index (χ2n) is 5.39. The number of thioether (sulfide) groups is 1. The molecule has 0 atom stereocenters. The predicted octanol–water partition coefficient (Wildman–Crippen LogP) is 3.96. The van der Waals surface area contributed by atoms with Crippen LogP contribution < -0.4 is 4.90 Å². The quantitative estimate of drug-likeness (QED) is 0.418. The molecule has 3 rings (SSSR count). The number of carbonyl (C=O) groups excluding carboxylic acids is 2. The molecule has 2 amide bonds. The maximum absolute atomic E-state index is 13.0. The van der Waals surface area contributed by atoms with Gasteiger partial charge < -0.3 is 4.90 Å². The Morgan fingerprint density at radius 3 is 2.71 bits per heavy atom. The Bertz CT molecular complexity index is 804. The molecule has 0 spiro atoms. The van der Waals surface area contributed by atoms with E-state index in [0.29, 0.717) is 27.9 Å². The number of amides is 2. The summed E-state index contributed by atoms with van der Waals surface area (Å²) >= 11 is 9.93. The Balaban J connectivity index is 2.16. The van der Waals surface area contributed by atoms with E-state index in [1.54, 1.807) is 11.0 Å². The van der Waals surface area contributed by atoms with Gasteiger partial charge in [0, 0.05) is 23.1 Å². The lowest BCUT2D eigenvalue weighted by atomic mass is 10.1. The van der Waals surface area contributed by atoms with Crippen molar-refractivity contribution in [2.45, 2.75) is 13.3 Å². The average molecular weight is 423 g/mol. The van der Waals surface area contributed by atoms with Gasteiger partial charge in [-0.3, -0.25) is 14.5 Å². The summed E-state index contributed by atoms with van der Waals surface area (Å²) < 4.78 is 1.33. The van der Waals surface area contributed by atoms with Crippen LogP contribution >= 0.6 is 39.9 Å². The van der Waals surface area contributed by atoms with E-state index in [-0.39, 0.29) is 11.8 Å². The van der Waals surface area contributed by atoms with Crippen LogP contribution in [0.2, 0.25) is 0 Å². The van der Waals surface area contributed by atoms with Crippen molar-refractivity contribution >= 4 is 67.3 Å². The van der Waals surface area contributed by atoms with Gasteiger partial charge in [0.15, 0.2) is 0 Å². The molecule has 1 fully saturated rings. The maximum Gasteiger partial charge on any atom is 0.267 e. The second-order valence-corrected chi connectivity index (χ2v) is 7.95. The lowest BCUT2D eigenvalue weighted by Crippen LogP contribution is -2.29. The fourth-order valence-corrected chi connectivity index (χ4v) is 4.51. The first kappa shape index (κ1) is 17.4. The molecule has 24 heavy (non-hydrogen) atoms. The molecule has 2 aliphatic rings. The highest BCUT2D eigenvalue weighted by Gasteiger charge is 2.41. The van der Waals surface area contributed by atoms with Crippen molar-refractivity contribution < 1.29 is 9.59 Å². The Labute approximate surface area is 158 Å². The molecule has 0 radical (unpaired) electrons. The van der Waals surface area contributed by atoms with E-state index in [2.05, 4.69) is 22.5 Å². The van der Waals surface area contributed by atoms with Crippen molar-refractivity contribution in [3.8, 4) is 0 Å². The normalized spacial score (nSPS) is 20.2. The summed E-state index contributed by atoms with van der Waals surface area (Å²) in [7, 11) is 0. The molecule has 0 unspecified atom stereocenters. The van der Waals surface area contributed by atoms with Gasteiger partial charge >= 0.3 is 0 Å². The van der Waals surface area contributed by atoms with E-state index in [1.165, 1.54) is 16.7 Å². The number of anilines is 1. The van der Waals surface area contributed by atoms with Crippen LogP contribution in [-0.4, -0.2) is 34.1 Å². The smallest absolute Gasteiger partial charge is 0.267 e. The fraction of sp³-hybridized carbons (Fsp3) is 0.235. The Kier molecular flexibility index (Phi) is 4.94. The molecule has 0 bridgehead atoms. The molecule has 7 heteroatoms. The molecule has 1 saturated heterocycles. The zero-order valence-electron chi connectivity index (χ0n) is 13.0. The van der Waals surface area contributed by atoms with Crippen LogP contribution in [0.15, 0.2) is 40.2 Å².